The molecule has 2 fully saturated rings. The molecule has 0 aromatic carbocycles. The summed E-state index contributed by atoms with van der Waals surface area (Å²) in [7, 11) is 0. The van der Waals surface area contributed by atoms with Crippen LogP contribution in [0.4, 0.5) is 5.95 Å². The van der Waals surface area contributed by atoms with E-state index in [0.29, 0.717) is 5.41 Å². The summed E-state index contributed by atoms with van der Waals surface area (Å²) in [6, 6.07) is 1.88. The molecule has 2 aromatic heterocycles. The number of piperidine rings is 1. The zero-order chi connectivity index (χ0) is 16.6. The lowest BCUT2D eigenvalue weighted by Gasteiger charge is -2.39. The highest BCUT2D eigenvalue weighted by atomic mass is 16.5. The van der Waals surface area contributed by atoms with Gasteiger partial charge in [0.2, 0.25) is 5.95 Å². The van der Waals surface area contributed by atoms with Crippen LogP contribution in [-0.4, -0.2) is 46.2 Å². The van der Waals surface area contributed by atoms with Crippen LogP contribution in [0.5, 0.6) is 0 Å². The van der Waals surface area contributed by atoms with Crippen molar-refractivity contribution in [2.75, 3.05) is 31.1 Å². The van der Waals surface area contributed by atoms with Crippen molar-refractivity contribution in [2.24, 2.45) is 5.41 Å². The number of hydrogen-bond acceptors (Lipinski definition) is 6. The minimum Gasteiger partial charge on any atom is -0.361 e. The SMILES string of the molecule is Cc1noc(C)c1CN1CCC2(CC1)CCN(c1ncccn1)C2. The molecule has 1 spiro atoms. The molecule has 2 aliphatic heterocycles. The lowest BCUT2D eigenvalue weighted by molar-refractivity contribution is 0.114. The van der Waals surface area contributed by atoms with E-state index in [-0.39, 0.29) is 0 Å². The first-order chi connectivity index (χ1) is 11.7. The third kappa shape index (κ3) is 2.90. The van der Waals surface area contributed by atoms with Gasteiger partial charge >= 0.3 is 0 Å². The molecule has 0 amide bonds. The van der Waals surface area contributed by atoms with Crippen LogP contribution in [-0.2, 0) is 6.54 Å². The van der Waals surface area contributed by atoms with Crippen LogP contribution < -0.4 is 4.90 Å². The van der Waals surface area contributed by atoms with Gasteiger partial charge in [0.25, 0.3) is 0 Å². The summed E-state index contributed by atoms with van der Waals surface area (Å²) in [5.41, 5.74) is 2.73. The van der Waals surface area contributed by atoms with E-state index in [2.05, 4.69) is 24.9 Å². The first-order valence-electron chi connectivity index (χ1n) is 8.81. The molecule has 0 saturated carbocycles. The predicted octanol–water partition coefficient (Wildman–Crippen LogP) is 2.57. The summed E-state index contributed by atoms with van der Waals surface area (Å²) >= 11 is 0. The van der Waals surface area contributed by atoms with E-state index in [9.17, 15) is 0 Å². The van der Waals surface area contributed by atoms with E-state index < -0.39 is 0 Å². The van der Waals surface area contributed by atoms with E-state index in [1.165, 1.54) is 24.8 Å². The molecular weight excluding hydrogens is 302 g/mol. The van der Waals surface area contributed by atoms with Crippen molar-refractivity contribution in [3.05, 3.63) is 35.5 Å². The van der Waals surface area contributed by atoms with E-state index in [1.807, 2.05) is 32.3 Å². The molecule has 0 N–H and O–H groups in total. The molecule has 0 bridgehead atoms. The van der Waals surface area contributed by atoms with Gasteiger partial charge in [-0.15, -0.1) is 0 Å². The maximum Gasteiger partial charge on any atom is 0.225 e. The third-order valence-corrected chi connectivity index (χ3v) is 5.75. The molecule has 128 valence electrons. The maximum absolute atomic E-state index is 5.30. The highest BCUT2D eigenvalue weighted by Gasteiger charge is 2.41. The van der Waals surface area contributed by atoms with Crippen molar-refractivity contribution in [1.29, 1.82) is 0 Å². The number of aryl methyl sites for hydroxylation is 2. The van der Waals surface area contributed by atoms with Gasteiger partial charge in [0.15, 0.2) is 0 Å². The predicted molar refractivity (Wildman–Crippen MR) is 91.8 cm³/mol. The lowest BCUT2D eigenvalue weighted by atomic mass is 9.77. The summed E-state index contributed by atoms with van der Waals surface area (Å²) in [5.74, 6) is 1.84. The second-order valence-corrected chi connectivity index (χ2v) is 7.30. The second-order valence-electron chi connectivity index (χ2n) is 7.30. The Kier molecular flexibility index (Phi) is 4.00. The number of nitrogens with zero attached hydrogens (tertiary/aromatic N) is 5. The third-order valence-electron chi connectivity index (χ3n) is 5.75. The fourth-order valence-electron chi connectivity index (χ4n) is 4.11. The molecule has 2 aromatic rings. The second kappa shape index (κ2) is 6.16. The zero-order valence-electron chi connectivity index (χ0n) is 14.5. The Hall–Kier alpha value is -1.95. The summed E-state index contributed by atoms with van der Waals surface area (Å²) in [4.78, 5) is 13.7. The van der Waals surface area contributed by atoms with E-state index in [4.69, 9.17) is 4.52 Å². The Labute approximate surface area is 142 Å². The lowest BCUT2D eigenvalue weighted by Crippen LogP contribution is -2.41. The Morgan fingerprint density at radius 3 is 2.46 bits per heavy atom. The van der Waals surface area contributed by atoms with Crippen LogP contribution in [0, 0.1) is 19.3 Å². The van der Waals surface area contributed by atoms with Crippen LogP contribution >= 0.6 is 0 Å². The number of likely N-dealkylation sites (tertiary alicyclic amines) is 1. The summed E-state index contributed by atoms with van der Waals surface area (Å²) in [6.45, 7) is 9.47. The number of aromatic nitrogens is 3. The standard InChI is InChI=1S/C18H25N5O/c1-14-16(15(2)24-21-14)12-22-9-4-18(5-10-22)6-11-23(13-18)17-19-7-3-8-20-17/h3,7-8H,4-6,9-13H2,1-2H3. The van der Waals surface area contributed by atoms with Crippen molar-refractivity contribution >= 4 is 5.95 Å². The molecule has 4 heterocycles. The van der Waals surface area contributed by atoms with E-state index >= 15 is 0 Å². The molecule has 2 saturated heterocycles. The number of hydrogen-bond donors (Lipinski definition) is 0. The summed E-state index contributed by atoms with van der Waals surface area (Å²) in [6.07, 6.45) is 7.42. The van der Waals surface area contributed by atoms with Crippen LogP contribution in [0.25, 0.3) is 0 Å². The summed E-state index contributed by atoms with van der Waals surface area (Å²) < 4.78 is 5.30. The number of rotatable bonds is 3. The average molecular weight is 327 g/mol. The van der Waals surface area contributed by atoms with Gasteiger partial charge in [-0.1, -0.05) is 5.16 Å². The minimum absolute atomic E-state index is 0.439. The fourth-order valence-corrected chi connectivity index (χ4v) is 4.11. The van der Waals surface area contributed by atoms with Crippen molar-refractivity contribution in [1.82, 2.24) is 20.0 Å². The average Bonchev–Trinajstić information content (AvgIpc) is 3.17. The number of anilines is 1. The molecule has 6 heteroatoms. The minimum atomic E-state index is 0.439. The Bertz CT molecular complexity index is 671. The van der Waals surface area contributed by atoms with Gasteiger partial charge in [-0.3, -0.25) is 4.90 Å². The molecule has 0 radical (unpaired) electrons. The summed E-state index contributed by atoms with van der Waals surface area (Å²) in [5, 5.41) is 4.07. The first-order valence-corrected chi connectivity index (χ1v) is 8.81. The van der Waals surface area contributed by atoms with Gasteiger partial charge in [0.05, 0.1) is 5.69 Å². The maximum atomic E-state index is 5.30. The van der Waals surface area contributed by atoms with Gasteiger partial charge in [-0.05, 0) is 57.7 Å². The van der Waals surface area contributed by atoms with Crippen molar-refractivity contribution in [3.63, 3.8) is 0 Å². The van der Waals surface area contributed by atoms with Crippen molar-refractivity contribution in [3.8, 4) is 0 Å². The Morgan fingerprint density at radius 1 is 1.08 bits per heavy atom. The van der Waals surface area contributed by atoms with Gasteiger partial charge in [-0.25, -0.2) is 9.97 Å². The smallest absolute Gasteiger partial charge is 0.225 e. The first kappa shape index (κ1) is 15.6. The molecule has 24 heavy (non-hydrogen) atoms. The normalized spacial score (nSPS) is 20.8. The molecule has 2 aliphatic rings. The van der Waals surface area contributed by atoms with Gasteiger partial charge in [0, 0.05) is 37.6 Å². The zero-order valence-corrected chi connectivity index (χ0v) is 14.5. The highest BCUT2D eigenvalue weighted by molar-refractivity contribution is 5.32. The van der Waals surface area contributed by atoms with Crippen LogP contribution in [0.1, 0.15) is 36.3 Å². The van der Waals surface area contributed by atoms with E-state index in [1.54, 1.807) is 0 Å². The molecule has 4 rings (SSSR count). The van der Waals surface area contributed by atoms with Gasteiger partial charge in [-0.2, -0.15) is 0 Å². The van der Waals surface area contributed by atoms with Crippen molar-refractivity contribution in [2.45, 2.75) is 39.7 Å². The fraction of sp³-hybridized carbons (Fsp3) is 0.611. The topological polar surface area (TPSA) is 58.3 Å². The van der Waals surface area contributed by atoms with E-state index in [0.717, 1.165) is 50.1 Å². The molecular formula is C18H25N5O. The monoisotopic (exact) mass is 327 g/mol. The van der Waals surface area contributed by atoms with Gasteiger partial charge in [0.1, 0.15) is 5.76 Å². The molecule has 6 nitrogen and oxygen atoms in total. The molecule has 0 aliphatic carbocycles. The van der Waals surface area contributed by atoms with Gasteiger partial charge < -0.3 is 9.42 Å². The quantitative estimate of drug-likeness (QED) is 0.863. The molecule has 0 atom stereocenters. The van der Waals surface area contributed by atoms with Crippen LogP contribution in [0.15, 0.2) is 23.0 Å². The Morgan fingerprint density at radius 2 is 1.79 bits per heavy atom. The van der Waals surface area contributed by atoms with Crippen LogP contribution in [0.2, 0.25) is 0 Å². The Balaban J connectivity index is 1.36. The van der Waals surface area contributed by atoms with Crippen molar-refractivity contribution < 1.29 is 4.52 Å². The van der Waals surface area contributed by atoms with Crippen LogP contribution in [0.3, 0.4) is 0 Å². The highest BCUT2D eigenvalue weighted by Crippen LogP contribution is 2.41. The largest absolute Gasteiger partial charge is 0.361 e. The molecule has 0 unspecified atom stereocenters.